The van der Waals surface area contributed by atoms with Crippen LogP contribution in [0.1, 0.15) is 50.9 Å². The molecule has 1 aromatic heterocycles. The van der Waals surface area contributed by atoms with E-state index in [-0.39, 0.29) is 11.2 Å². The van der Waals surface area contributed by atoms with Crippen LogP contribution in [0.3, 0.4) is 0 Å². The van der Waals surface area contributed by atoms with Crippen molar-refractivity contribution in [2.75, 3.05) is 0 Å². The number of benzene rings is 1. The van der Waals surface area contributed by atoms with Gasteiger partial charge < -0.3 is 4.57 Å². The third-order valence-electron chi connectivity index (χ3n) is 3.42. The van der Waals surface area contributed by atoms with Gasteiger partial charge in [-0.05, 0) is 41.8 Å². The summed E-state index contributed by atoms with van der Waals surface area (Å²) in [4.78, 5) is 4.57. The molecule has 2 nitrogen and oxygen atoms in total. The number of rotatable bonds is 4. The van der Waals surface area contributed by atoms with Crippen LogP contribution in [0.5, 0.6) is 0 Å². The molecular formula is C14H17BrClFN2. The minimum absolute atomic E-state index is 0.199. The molecule has 19 heavy (non-hydrogen) atoms. The summed E-state index contributed by atoms with van der Waals surface area (Å²) < 4.78 is 16.3. The first-order valence-corrected chi connectivity index (χ1v) is 7.73. The summed E-state index contributed by atoms with van der Waals surface area (Å²) in [6.45, 7) is 6.14. The van der Waals surface area contributed by atoms with Crippen LogP contribution >= 0.6 is 27.5 Å². The summed E-state index contributed by atoms with van der Waals surface area (Å²) in [6, 6.07) is 3.54. The van der Waals surface area contributed by atoms with Gasteiger partial charge in [0.1, 0.15) is 11.6 Å². The van der Waals surface area contributed by atoms with E-state index in [9.17, 15) is 4.39 Å². The Bertz CT molecular complexity index is 591. The quantitative estimate of drug-likeness (QED) is 0.658. The van der Waals surface area contributed by atoms with Crippen LogP contribution in [-0.4, -0.2) is 9.55 Å². The van der Waals surface area contributed by atoms with Crippen molar-refractivity contribution >= 4 is 38.6 Å². The standard InChI is InChI=1S/C14H17BrClFN2/c1-4-9(5-2)19-13-7-11(17)10(15)6-12(13)18-14(19)8(3)16/h6-9H,4-5H2,1-3H3. The first kappa shape index (κ1) is 14.8. The van der Waals surface area contributed by atoms with Crippen molar-refractivity contribution in [1.82, 2.24) is 9.55 Å². The SMILES string of the molecule is CCC(CC)n1c(C(C)Cl)nc2cc(Br)c(F)cc21. The zero-order valence-electron chi connectivity index (χ0n) is 11.3. The van der Waals surface area contributed by atoms with E-state index in [4.69, 9.17) is 11.6 Å². The van der Waals surface area contributed by atoms with Gasteiger partial charge in [-0.2, -0.15) is 0 Å². The van der Waals surface area contributed by atoms with Gasteiger partial charge in [-0.15, -0.1) is 11.6 Å². The van der Waals surface area contributed by atoms with Gasteiger partial charge in [-0.25, -0.2) is 9.37 Å². The number of alkyl halides is 1. The molecule has 0 saturated carbocycles. The molecule has 5 heteroatoms. The molecule has 104 valence electrons. The summed E-state index contributed by atoms with van der Waals surface area (Å²) in [7, 11) is 0. The van der Waals surface area contributed by atoms with Gasteiger partial charge in [-0.3, -0.25) is 0 Å². The summed E-state index contributed by atoms with van der Waals surface area (Å²) in [5.41, 5.74) is 1.60. The maximum Gasteiger partial charge on any atom is 0.139 e. The van der Waals surface area contributed by atoms with E-state index in [1.165, 1.54) is 6.07 Å². The van der Waals surface area contributed by atoms with E-state index in [0.717, 1.165) is 29.7 Å². The van der Waals surface area contributed by atoms with Crippen LogP contribution in [0.25, 0.3) is 11.0 Å². The van der Waals surface area contributed by atoms with Crippen molar-refractivity contribution in [2.45, 2.75) is 45.0 Å². The van der Waals surface area contributed by atoms with E-state index in [1.54, 1.807) is 6.07 Å². The van der Waals surface area contributed by atoms with E-state index < -0.39 is 0 Å². The van der Waals surface area contributed by atoms with Gasteiger partial charge in [-0.1, -0.05) is 13.8 Å². The summed E-state index contributed by atoms with van der Waals surface area (Å²) in [5.74, 6) is 0.538. The molecule has 1 aromatic carbocycles. The fourth-order valence-corrected chi connectivity index (χ4v) is 2.91. The van der Waals surface area contributed by atoms with Crippen LogP contribution in [-0.2, 0) is 0 Å². The normalized spacial score (nSPS) is 13.4. The first-order valence-electron chi connectivity index (χ1n) is 6.50. The smallest absolute Gasteiger partial charge is 0.139 e. The van der Waals surface area contributed by atoms with Gasteiger partial charge in [0.25, 0.3) is 0 Å². The van der Waals surface area contributed by atoms with Gasteiger partial charge in [0.2, 0.25) is 0 Å². The number of fused-ring (bicyclic) bond motifs is 1. The summed E-state index contributed by atoms with van der Waals surface area (Å²) >= 11 is 9.43. The highest BCUT2D eigenvalue weighted by molar-refractivity contribution is 9.10. The molecule has 0 amide bonds. The van der Waals surface area contributed by atoms with Crippen molar-refractivity contribution in [1.29, 1.82) is 0 Å². The lowest BCUT2D eigenvalue weighted by Gasteiger charge is -2.19. The molecule has 0 aliphatic heterocycles. The number of hydrogen-bond acceptors (Lipinski definition) is 1. The highest BCUT2D eigenvalue weighted by atomic mass is 79.9. The average Bonchev–Trinajstić information content (AvgIpc) is 2.71. The lowest BCUT2D eigenvalue weighted by molar-refractivity contribution is 0.466. The molecular weight excluding hydrogens is 331 g/mol. The Balaban J connectivity index is 2.75. The third kappa shape index (κ3) is 2.65. The molecule has 2 rings (SSSR count). The van der Waals surface area contributed by atoms with E-state index in [2.05, 4.69) is 39.3 Å². The number of aromatic nitrogens is 2. The maximum atomic E-state index is 13.8. The van der Waals surface area contributed by atoms with Gasteiger partial charge in [0.05, 0.1) is 20.9 Å². The number of halogens is 3. The topological polar surface area (TPSA) is 17.8 Å². The fourth-order valence-electron chi connectivity index (χ4n) is 2.43. The number of imidazole rings is 1. The Hall–Kier alpha value is -0.610. The second-order valence-electron chi connectivity index (χ2n) is 4.68. The van der Waals surface area contributed by atoms with Gasteiger partial charge >= 0.3 is 0 Å². The number of nitrogens with zero attached hydrogens (tertiary/aromatic N) is 2. The Morgan fingerprint density at radius 2 is 2.00 bits per heavy atom. The molecule has 0 saturated heterocycles. The second-order valence-corrected chi connectivity index (χ2v) is 6.19. The zero-order valence-corrected chi connectivity index (χ0v) is 13.6. The Kier molecular flexibility index (Phi) is 4.51. The molecule has 1 heterocycles. The van der Waals surface area contributed by atoms with Crippen LogP contribution in [0, 0.1) is 5.82 Å². The minimum atomic E-state index is -0.270. The molecule has 0 fully saturated rings. The molecule has 2 aromatic rings. The first-order chi connectivity index (χ1) is 8.99. The maximum absolute atomic E-state index is 13.8. The highest BCUT2D eigenvalue weighted by Gasteiger charge is 2.20. The summed E-state index contributed by atoms with van der Waals surface area (Å²) in [6.07, 6.45) is 1.94. The molecule has 1 atom stereocenters. The van der Waals surface area contributed by atoms with Crippen molar-refractivity contribution < 1.29 is 4.39 Å². The molecule has 0 bridgehead atoms. The monoisotopic (exact) mass is 346 g/mol. The zero-order chi connectivity index (χ0) is 14.2. The average molecular weight is 348 g/mol. The van der Waals surface area contributed by atoms with Crippen LogP contribution in [0.4, 0.5) is 4.39 Å². The lowest BCUT2D eigenvalue weighted by Crippen LogP contribution is -2.11. The molecule has 0 spiro atoms. The molecule has 0 radical (unpaired) electrons. The van der Waals surface area contributed by atoms with E-state index >= 15 is 0 Å². The van der Waals surface area contributed by atoms with Crippen molar-refractivity contribution in [3.63, 3.8) is 0 Å². The molecule has 1 unspecified atom stereocenters. The van der Waals surface area contributed by atoms with Crippen molar-refractivity contribution in [2.24, 2.45) is 0 Å². The van der Waals surface area contributed by atoms with E-state index in [1.807, 2.05) is 6.92 Å². The van der Waals surface area contributed by atoms with Gasteiger partial charge in [0, 0.05) is 12.1 Å². The second kappa shape index (κ2) is 5.80. The lowest BCUT2D eigenvalue weighted by atomic mass is 10.1. The Labute approximate surface area is 126 Å². The summed E-state index contributed by atoms with van der Waals surface area (Å²) in [5, 5.41) is -0.199. The highest BCUT2D eigenvalue weighted by Crippen LogP contribution is 2.32. The number of hydrogen-bond donors (Lipinski definition) is 0. The third-order valence-corrected chi connectivity index (χ3v) is 4.23. The largest absolute Gasteiger partial charge is 0.324 e. The van der Waals surface area contributed by atoms with Crippen LogP contribution < -0.4 is 0 Å². The Morgan fingerprint density at radius 3 is 2.53 bits per heavy atom. The molecule has 0 N–H and O–H groups in total. The molecule has 0 aliphatic rings. The Morgan fingerprint density at radius 1 is 1.37 bits per heavy atom. The van der Waals surface area contributed by atoms with Crippen molar-refractivity contribution in [3.05, 3.63) is 28.2 Å². The minimum Gasteiger partial charge on any atom is -0.324 e. The van der Waals surface area contributed by atoms with Crippen LogP contribution in [0.2, 0.25) is 0 Å². The van der Waals surface area contributed by atoms with Gasteiger partial charge in [0.15, 0.2) is 0 Å². The fraction of sp³-hybridized carbons (Fsp3) is 0.500. The van der Waals surface area contributed by atoms with Crippen molar-refractivity contribution in [3.8, 4) is 0 Å². The van der Waals surface area contributed by atoms with Crippen LogP contribution in [0.15, 0.2) is 16.6 Å². The predicted molar refractivity (Wildman–Crippen MR) is 81.3 cm³/mol. The van der Waals surface area contributed by atoms with E-state index in [0.29, 0.717) is 10.5 Å². The predicted octanol–water partition coefficient (Wildman–Crippen LogP) is 5.60. The molecule has 0 aliphatic carbocycles.